The van der Waals surface area contributed by atoms with E-state index in [2.05, 4.69) is 15.6 Å². The van der Waals surface area contributed by atoms with Crippen LogP contribution in [0, 0.1) is 0 Å². The summed E-state index contributed by atoms with van der Waals surface area (Å²) in [6.45, 7) is 2.64. The van der Waals surface area contributed by atoms with Crippen LogP contribution in [0.25, 0.3) is 0 Å². The predicted molar refractivity (Wildman–Crippen MR) is 98.7 cm³/mol. The topological polar surface area (TPSA) is 83.5 Å². The summed E-state index contributed by atoms with van der Waals surface area (Å²) in [4.78, 5) is 15.8. The van der Waals surface area contributed by atoms with Crippen molar-refractivity contribution < 1.29 is 14.6 Å². The number of hydrogen-bond donors (Lipinski definition) is 3. The molecule has 1 heterocycles. The van der Waals surface area contributed by atoms with E-state index in [4.69, 9.17) is 27.9 Å². The molecule has 0 bridgehead atoms. The Balaban J connectivity index is 1.85. The van der Waals surface area contributed by atoms with Gasteiger partial charge in [-0.2, -0.15) is 0 Å². The van der Waals surface area contributed by atoms with Crippen molar-refractivity contribution in [3.63, 3.8) is 0 Å². The van der Waals surface area contributed by atoms with Gasteiger partial charge in [-0.25, -0.2) is 0 Å². The summed E-state index contributed by atoms with van der Waals surface area (Å²) in [7, 11) is 0. The smallest absolute Gasteiger partial charge is 0.269 e. The molecule has 0 aliphatic rings. The Hall–Kier alpha value is -2.02. The fourth-order valence-corrected chi connectivity index (χ4v) is 2.34. The average molecular weight is 384 g/mol. The van der Waals surface area contributed by atoms with E-state index in [0.717, 1.165) is 0 Å². The van der Waals surface area contributed by atoms with Crippen LogP contribution in [-0.2, 0) is 0 Å². The van der Waals surface area contributed by atoms with E-state index in [9.17, 15) is 9.90 Å². The number of nitrogens with zero attached hydrogens (tertiary/aromatic N) is 1. The second-order valence-electron chi connectivity index (χ2n) is 5.19. The van der Waals surface area contributed by atoms with Crippen molar-refractivity contribution in [1.82, 2.24) is 10.3 Å². The van der Waals surface area contributed by atoms with E-state index in [1.807, 2.05) is 6.92 Å². The van der Waals surface area contributed by atoms with Crippen LogP contribution in [0.2, 0.25) is 10.0 Å². The Bertz CT molecular complexity index is 728. The molecule has 1 aromatic heterocycles. The molecule has 3 N–H and O–H groups in total. The molecule has 25 heavy (non-hydrogen) atoms. The maximum atomic E-state index is 11.8. The molecule has 0 fully saturated rings. The van der Waals surface area contributed by atoms with Gasteiger partial charge in [0, 0.05) is 25.0 Å². The molecule has 0 radical (unpaired) electrons. The van der Waals surface area contributed by atoms with E-state index in [1.165, 1.54) is 6.20 Å². The second-order valence-corrected chi connectivity index (χ2v) is 5.97. The number of halogens is 2. The van der Waals surface area contributed by atoms with Gasteiger partial charge in [-0.15, -0.1) is 0 Å². The first kappa shape index (κ1) is 19.3. The summed E-state index contributed by atoms with van der Waals surface area (Å²) in [6, 6.07) is 8.38. The van der Waals surface area contributed by atoms with Gasteiger partial charge in [-0.3, -0.25) is 9.78 Å². The van der Waals surface area contributed by atoms with Gasteiger partial charge < -0.3 is 20.5 Å². The minimum atomic E-state index is -0.781. The molecule has 1 aromatic carbocycles. The van der Waals surface area contributed by atoms with Crippen LogP contribution in [0.15, 0.2) is 36.5 Å². The molecule has 134 valence electrons. The number of benzene rings is 1. The third-order valence-corrected chi connectivity index (χ3v) is 4.02. The lowest BCUT2D eigenvalue weighted by Gasteiger charge is -2.15. The van der Waals surface area contributed by atoms with Crippen LogP contribution in [0.1, 0.15) is 17.4 Å². The lowest BCUT2D eigenvalue weighted by molar-refractivity contribution is 0.0951. The second kappa shape index (κ2) is 9.46. The molecule has 0 spiro atoms. The average Bonchev–Trinajstić information content (AvgIpc) is 2.61. The number of aromatic nitrogens is 1. The zero-order valence-electron chi connectivity index (χ0n) is 13.6. The highest BCUT2D eigenvalue weighted by Gasteiger charge is 2.10. The highest BCUT2D eigenvalue weighted by Crippen LogP contribution is 2.31. The predicted octanol–water partition coefficient (Wildman–Crippen LogP) is 2.99. The van der Waals surface area contributed by atoms with Crippen LogP contribution in [0.5, 0.6) is 5.75 Å². The minimum Gasteiger partial charge on any atom is -0.489 e. The molecule has 1 unspecified atom stereocenters. The Morgan fingerprint density at radius 2 is 2.16 bits per heavy atom. The van der Waals surface area contributed by atoms with Crippen molar-refractivity contribution in [2.75, 3.05) is 25.0 Å². The van der Waals surface area contributed by atoms with Crippen LogP contribution in [0.4, 0.5) is 5.69 Å². The molecular formula is C17H19Cl2N3O3. The van der Waals surface area contributed by atoms with Crippen molar-refractivity contribution in [3.8, 4) is 5.75 Å². The summed E-state index contributed by atoms with van der Waals surface area (Å²) < 4.78 is 5.48. The first-order chi connectivity index (χ1) is 12.0. The monoisotopic (exact) mass is 383 g/mol. The summed E-state index contributed by atoms with van der Waals surface area (Å²) in [6.07, 6.45) is 0.748. The molecular weight excluding hydrogens is 365 g/mol. The number of amides is 1. The van der Waals surface area contributed by atoms with Crippen LogP contribution >= 0.6 is 23.2 Å². The van der Waals surface area contributed by atoms with E-state index in [1.54, 1.807) is 30.3 Å². The molecule has 1 atom stereocenters. The summed E-state index contributed by atoms with van der Waals surface area (Å²) in [5.41, 5.74) is 0.986. The van der Waals surface area contributed by atoms with Gasteiger partial charge in [0.25, 0.3) is 5.91 Å². The van der Waals surface area contributed by atoms with Crippen LogP contribution < -0.4 is 15.4 Å². The van der Waals surface area contributed by atoms with Crippen molar-refractivity contribution >= 4 is 34.8 Å². The zero-order chi connectivity index (χ0) is 18.2. The van der Waals surface area contributed by atoms with Gasteiger partial charge in [0.15, 0.2) is 0 Å². The summed E-state index contributed by atoms with van der Waals surface area (Å²) in [5, 5.41) is 16.5. The van der Waals surface area contributed by atoms with E-state index < -0.39 is 6.10 Å². The lowest BCUT2D eigenvalue weighted by Crippen LogP contribution is -2.27. The summed E-state index contributed by atoms with van der Waals surface area (Å²) in [5.74, 6) is 0.168. The standard InChI is InChI=1S/C17H19Cl2N3O3/c1-2-20-17(24)14-8-11(6-7-21-14)22-9-12(23)10-25-15-5-3-4-13(18)16(15)19/h3-8,12,23H,2,9-10H2,1H3,(H,20,24)(H,21,22). The summed E-state index contributed by atoms with van der Waals surface area (Å²) >= 11 is 11.9. The largest absolute Gasteiger partial charge is 0.489 e. The molecule has 0 aliphatic heterocycles. The van der Waals surface area contributed by atoms with Crippen LogP contribution in [-0.4, -0.2) is 41.8 Å². The Kier molecular flexibility index (Phi) is 7.31. The number of carbonyl (C=O) groups excluding carboxylic acids is 1. The van der Waals surface area contributed by atoms with Crippen molar-refractivity contribution in [3.05, 3.63) is 52.3 Å². The quantitative estimate of drug-likeness (QED) is 0.652. The number of aliphatic hydroxyl groups excluding tert-OH is 1. The molecule has 2 aromatic rings. The number of rotatable bonds is 8. The van der Waals surface area contributed by atoms with Crippen molar-refractivity contribution in [2.24, 2.45) is 0 Å². The molecule has 0 saturated carbocycles. The number of aliphatic hydroxyl groups is 1. The molecule has 8 heteroatoms. The maximum absolute atomic E-state index is 11.8. The van der Waals surface area contributed by atoms with E-state index in [-0.39, 0.29) is 19.1 Å². The third kappa shape index (κ3) is 5.77. The van der Waals surface area contributed by atoms with E-state index >= 15 is 0 Å². The van der Waals surface area contributed by atoms with Gasteiger partial charge in [0.1, 0.15) is 29.2 Å². The molecule has 2 rings (SSSR count). The van der Waals surface area contributed by atoms with Gasteiger partial charge in [0.05, 0.1) is 5.02 Å². The number of anilines is 1. The lowest BCUT2D eigenvalue weighted by atomic mass is 10.3. The molecule has 0 saturated heterocycles. The fourth-order valence-electron chi connectivity index (χ4n) is 1.99. The van der Waals surface area contributed by atoms with Crippen LogP contribution in [0.3, 0.4) is 0 Å². The first-order valence-electron chi connectivity index (χ1n) is 7.74. The Morgan fingerprint density at radius 1 is 1.36 bits per heavy atom. The minimum absolute atomic E-state index is 0.0430. The number of nitrogens with one attached hydrogen (secondary N) is 2. The highest BCUT2D eigenvalue weighted by atomic mass is 35.5. The zero-order valence-corrected chi connectivity index (χ0v) is 15.1. The Labute approximate surface area is 156 Å². The molecule has 1 amide bonds. The van der Waals surface area contributed by atoms with Gasteiger partial charge in [-0.1, -0.05) is 29.3 Å². The SMILES string of the molecule is CCNC(=O)c1cc(NCC(O)COc2cccc(Cl)c2Cl)ccn1. The van der Waals surface area contributed by atoms with Gasteiger partial charge >= 0.3 is 0 Å². The maximum Gasteiger partial charge on any atom is 0.269 e. The normalized spacial score (nSPS) is 11.7. The number of hydrogen-bond acceptors (Lipinski definition) is 5. The highest BCUT2D eigenvalue weighted by molar-refractivity contribution is 6.42. The third-order valence-electron chi connectivity index (χ3n) is 3.22. The van der Waals surface area contributed by atoms with Gasteiger partial charge in [-0.05, 0) is 31.2 Å². The van der Waals surface area contributed by atoms with Gasteiger partial charge in [0.2, 0.25) is 0 Å². The molecule has 6 nitrogen and oxygen atoms in total. The van der Waals surface area contributed by atoms with Crippen molar-refractivity contribution in [2.45, 2.75) is 13.0 Å². The number of ether oxygens (including phenoxy) is 1. The Morgan fingerprint density at radius 3 is 2.92 bits per heavy atom. The van der Waals surface area contributed by atoms with Crippen molar-refractivity contribution in [1.29, 1.82) is 0 Å². The van der Waals surface area contributed by atoms with E-state index in [0.29, 0.717) is 33.7 Å². The first-order valence-corrected chi connectivity index (χ1v) is 8.49. The molecule has 0 aliphatic carbocycles. The number of pyridine rings is 1. The number of carbonyl (C=O) groups is 1. The fraction of sp³-hybridized carbons (Fsp3) is 0.294.